The molecule has 2 rings (SSSR count). The number of rotatable bonds is 5. The topological polar surface area (TPSA) is 60.4 Å². The van der Waals surface area contributed by atoms with Crippen molar-refractivity contribution in [2.45, 2.75) is 12.4 Å². The van der Waals surface area contributed by atoms with Crippen molar-refractivity contribution < 1.29 is 30.6 Å². The van der Waals surface area contributed by atoms with Gasteiger partial charge >= 0.3 is 15.6 Å². The summed E-state index contributed by atoms with van der Waals surface area (Å²) < 4.78 is 64.0. The Balaban J connectivity index is 2.38. The van der Waals surface area contributed by atoms with Gasteiger partial charge < -0.3 is 4.18 Å². The standard InChI is InChI=1S/C17H13F3O4S/c1-12(11-13-7-3-2-4-8-13)16(21)14-9-5-6-10-15(14)24-25(22,23)17(18,19)20/h2-11H,1H3/b12-11+. The first-order chi connectivity index (χ1) is 11.6. The number of Topliss-reactive ketones (excluding diaryl/α,β-unsaturated/α-hetero) is 1. The summed E-state index contributed by atoms with van der Waals surface area (Å²) in [5, 5.41) is 0. The Kier molecular flexibility index (Phi) is 5.32. The van der Waals surface area contributed by atoms with E-state index in [4.69, 9.17) is 0 Å². The van der Waals surface area contributed by atoms with Gasteiger partial charge in [-0.3, -0.25) is 4.79 Å². The van der Waals surface area contributed by atoms with Gasteiger partial charge in [0.1, 0.15) is 0 Å². The molecule has 0 N–H and O–H groups in total. The molecule has 0 aliphatic rings. The van der Waals surface area contributed by atoms with Gasteiger partial charge in [0.2, 0.25) is 0 Å². The van der Waals surface area contributed by atoms with E-state index in [9.17, 15) is 26.4 Å². The van der Waals surface area contributed by atoms with Crippen molar-refractivity contribution in [3.63, 3.8) is 0 Å². The van der Waals surface area contributed by atoms with Crippen LogP contribution in [-0.4, -0.2) is 19.7 Å². The minimum Gasteiger partial charge on any atom is -0.375 e. The van der Waals surface area contributed by atoms with Crippen molar-refractivity contribution >= 4 is 22.0 Å². The van der Waals surface area contributed by atoms with E-state index < -0.39 is 27.2 Å². The van der Waals surface area contributed by atoms with Gasteiger partial charge in [0.25, 0.3) is 0 Å². The lowest BCUT2D eigenvalue weighted by molar-refractivity contribution is -0.0500. The maximum atomic E-state index is 12.5. The number of alkyl halides is 3. The average molecular weight is 370 g/mol. The van der Waals surface area contributed by atoms with Crippen LogP contribution >= 0.6 is 0 Å². The predicted octanol–water partition coefficient (Wildman–Crippen LogP) is 4.20. The molecule has 0 atom stereocenters. The molecule has 132 valence electrons. The fourth-order valence-corrected chi connectivity index (χ4v) is 2.45. The zero-order chi connectivity index (χ0) is 18.7. The van der Waals surface area contributed by atoms with Crippen LogP contribution in [0.3, 0.4) is 0 Å². The first kappa shape index (κ1) is 18.7. The number of carbonyl (C=O) groups excluding carboxylic acids is 1. The monoisotopic (exact) mass is 370 g/mol. The molecule has 2 aromatic rings. The van der Waals surface area contributed by atoms with Crippen LogP contribution in [0.4, 0.5) is 13.2 Å². The van der Waals surface area contributed by atoms with Crippen LogP contribution in [-0.2, 0) is 10.1 Å². The number of halogens is 3. The fraction of sp³-hybridized carbons (Fsp3) is 0.118. The van der Waals surface area contributed by atoms with Crippen molar-refractivity contribution in [1.82, 2.24) is 0 Å². The molecule has 0 saturated heterocycles. The summed E-state index contributed by atoms with van der Waals surface area (Å²) in [4.78, 5) is 12.5. The summed E-state index contributed by atoms with van der Waals surface area (Å²) in [7, 11) is -5.86. The molecule has 0 aromatic heterocycles. The number of carbonyl (C=O) groups is 1. The molecule has 0 amide bonds. The summed E-state index contributed by atoms with van der Waals surface area (Å²) >= 11 is 0. The van der Waals surface area contributed by atoms with Crippen LogP contribution in [0.25, 0.3) is 6.08 Å². The molecule has 0 aliphatic carbocycles. The van der Waals surface area contributed by atoms with Crippen LogP contribution in [0.1, 0.15) is 22.8 Å². The molecule has 0 bridgehead atoms. The number of hydrogen-bond acceptors (Lipinski definition) is 4. The van der Waals surface area contributed by atoms with Gasteiger partial charge in [0.05, 0.1) is 5.56 Å². The van der Waals surface area contributed by atoms with Gasteiger partial charge in [-0.2, -0.15) is 21.6 Å². The Hall–Kier alpha value is -2.61. The molecule has 0 aliphatic heterocycles. The van der Waals surface area contributed by atoms with Crippen LogP contribution < -0.4 is 4.18 Å². The number of hydrogen-bond donors (Lipinski definition) is 0. The molecule has 0 saturated carbocycles. The van der Waals surface area contributed by atoms with Crippen molar-refractivity contribution in [2.75, 3.05) is 0 Å². The van der Waals surface area contributed by atoms with E-state index >= 15 is 0 Å². The smallest absolute Gasteiger partial charge is 0.375 e. The van der Waals surface area contributed by atoms with Gasteiger partial charge in [0.15, 0.2) is 11.5 Å². The van der Waals surface area contributed by atoms with Crippen molar-refractivity contribution in [3.8, 4) is 5.75 Å². The van der Waals surface area contributed by atoms with Crippen LogP contribution in [0, 0.1) is 0 Å². The van der Waals surface area contributed by atoms with E-state index in [1.54, 1.807) is 30.3 Å². The highest BCUT2D eigenvalue weighted by Crippen LogP contribution is 2.30. The lowest BCUT2D eigenvalue weighted by Gasteiger charge is -2.12. The van der Waals surface area contributed by atoms with E-state index in [2.05, 4.69) is 4.18 Å². The second-order valence-corrected chi connectivity index (χ2v) is 6.58. The van der Waals surface area contributed by atoms with Gasteiger partial charge in [-0.25, -0.2) is 0 Å². The third-order valence-corrected chi connectivity index (χ3v) is 4.12. The SMILES string of the molecule is C/C(=C\c1ccccc1)C(=O)c1ccccc1OS(=O)(=O)C(F)(F)F. The molecular weight excluding hydrogens is 357 g/mol. The molecule has 0 spiro atoms. The number of para-hydroxylation sites is 1. The molecule has 2 aromatic carbocycles. The van der Waals surface area contributed by atoms with Gasteiger partial charge in [-0.05, 0) is 36.3 Å². The van der Waals surface area contributed by atoms with E-state index in [1.165, 1.54) is 31.2 Å². The fourth-order valence-electron chi connectivity index (χ4n) is 1.97. The van der Waals surface area contributed by atoms with E-state index in [1.807, 2.05) is 0 Å². The zero-order valence-corrected chi connectivity index (χ0v) is 13.8. The second-order valence-electron chi connectivity index (χ2n) is 5.05. The molecule has 0 unspecified atom stereocenters. The highest BCUT2D eigenvalue weighted by Gasteiger charge is 2.48. The number of benzene rings is 2. The summed E-state index contributed by atoms with van der Waals surface area (Å²) in [5.41, 5.74) is -4.93. The Bertz CT molecular complexity index is 901. The lowest BCUT2D eigenvalue weighted by Crippen LogP contribution is -2.28. The lowest BCUT2D eigenvalue weighted by atomic mass is 10.0. The number of ketones is 1. The summed E-state index contributed by atoms with van der Waals surface area (Å²) in [5.74, 6) is -1.32. The first-order valence-electron chi connectivity index (χ1n) is 6.99. The molecular formula is C17H13F3O4S. The Morgan fingerprint density at radius 1 is 1.00 bits per heavy atom. The summed E-state index contributed by atoms with van der Waals surface area (Å²) in [6, 6.07) is 13.7. The maximum Gasteiger partial charge on any atom is 0.534 e. The van der Waals surface area contributed by atoms with Crippen molar-refractivity contribution in [2.24, 2.45) is 0 Å². The van der Waals surface area contributed by atoms with E-state index in [0.29, 0.717) is 0 Å². The van der Waals surface area contributed by atoms with Gasteiger partial charge in [-0.1, -0.05) is 42.5 Å². The van der Waals surface area contributed by atoms with Crippen molar-refractivity contribution in [1.29, 1.82) is 0 Å². The maximum absolute atomic E-state index is 12.5. The normalized spacial score (nSPS) is 12.7. The average Bonchev–Trinajstić information content (AvgIpc) is 2.54. The molecule has 25 heavy (non-hydrogen) atoms. The summed E-state index contributed by atoms with van der Waals surface area (Å²) in [6.07, 6.45) is 1.54. The van der Waals surface area contributed by atoms with Crippen LogP contribution in [0.5, 0.6) is 5.75 Å². The Morgan fingerprint density at radius 3 is 2.16 bits per heavy atom. The second kappa shape index (κ2) is 7.10. The molecule has 0 radical (unpaired) electrons. The van der Waals surface area contributed by atoms with Gasteiger partial charge in [0, 0.05) is 0 Å². The van der Waals surface area contributed by atoms with E-state index in [0.717, 1.165) is 11.6 Å². The largest absolute Gasteiger partial charge is 0.534 e. The minimum atomic E-state index is -5.86. The number of allylic oxidation sites excluding steroid dienone is 1. The Morgan fingerprint density at radius 2 is 1.56 bits per heavy atom. The quantitative estimate of drug-likeness (QED) is 0.343. The van der Waals surface area contributed by atoms with Crippen LogP contribution in [0.15, 0.2) is 60.2 Å². The van der Waals surface area contributed by atoms with Gasteiger partial charge in [-0.15, -0.1) is 0 Å². The highest BCUT2D eigenvalue weighted by atomic mass is 32.2. The van der Waals surface area contributed by atoms with Crippen LogP contribution in [0.2, 0.25) is 0 Å². The highest BCUT2D eigenvalue weighted by molar-refractivity contribution is 7.88. The predicted molar refractivity (Wildman–Crippen MR) is 86.5 cm³/mol. The molecule has 0 heterocycles. The summed E-state index contributed by atoms with van der Waals surface area (Å²) in [6.45, 7) is 1.48. The zero-order valence-electron chi connectivity index (χ0n) is 12.9. The minimum absolute atomic E-state index is 0.214. The third-order valence-electron chi connectivity index (χ3n) is 3.16. The first-order valence-corrected chi connectivity index (χ1v) is 8.40. The molecule has 8 heteroatoms. The molecule has 0 fully saturated rings. The molecule has 4 nitrogen and oxygen atoms in total. The third kappa shape index (κ3) is 4.48. The van der Waals surface area contributed by atoms with Crippen molar-refractivity contribution in [3.05, 3.63) is 71.3 Å². The Labute approximate surface area is 142 Å². The van der Waals surface area contributed by atoms with E-state index in [-0.39, 0.29) is 11.1 Å².